The van der Waals surface area contributed by atoms with Crippen LogP contribution in [-0.2, 0) is 24.0 Å². The predicted octanol–water partition coefficient (Wildman–Crippen LogP) is -0.382. The first-order valence-corrected chi connectivity index (χ1v) is 14.7. The molecule has 0 saturated carbocycles. The first kappa shape index (κ1) is 31.8. The molecule has 0 aromatic heterocycles. The summed E-state index contributed by atoms with van der Waals surface area (Å²) in [6.07, 6.45) is 0.0629. The van der Waals surface area contributed by atoms with Gasteiger partial charge in [-0.2, -0.15) is 0 Å². The van der Waals surface area contributed by atoms with Gasteiger partial charge in [0.2, 0.25) is 17.7 Å². The van der Waals surface area contributed by atoms with Crippen molar-refractivity contribution in [1.29, 1.82) is 0 Å². The maximum atomic E-state index is 13.2. The normalized spacial score (nSPS) is 20.5. The first-order valence-electron chi connectivity index (χ1n) is 12.7. The van der Waals surface area contributed by atoms with Gasteiger partial charge in [-0.3, -0.25) is 24.1 Å². The molecule has 5 rings (SSSR count). The largest absolute Gasteiger partial charge is 1.00 e. The molecule has 0 spiro atoms. The van der Waals surface area contributed by atoms with Crippen LogP contribution < -0.4 is 45.5 Å². The SMILES string of the molecule is O=C(CC(=C1CCNC1=O)C1=C(C(=O)O)N2C(=O)[C@@H](NC(=O)CSc3ccc(F)cc3)[C@H]2SC1)Nc1ccccc1.[H-].[Na+]. The molecule has 2 aromatic carbocycles. The number of thioether (sulfide) groups is 2. The summed E-state index contributed by atoms with van der Waals surface area (Å²) >= 11 is 2.43. The van der Waals surface area contributed by atoms with E-state index in [1.54, 1.807) is 42.5 Å². The predicted molar refractivity (Wildman–Crippen MR) is 152 cm³/mol. The molecule has 214 valence electrons. The van der Waals surface area contributed by atoms with Crippen LogP contribution in [0.5, 0.6) is 0 Å². The molecule has 0 aliphatic carbocycles. The number of hydrogen-bond acceptors (Lipinski definition) is 7. The molecule has 2 saturated heterocycles. The Labute approximate surface area is 272 Å². The smallest absolute Gasteiger partial charge is 1.00 e. The van der Waals surface area contributed by atoms with Crippen molar-refractivity contribution < 1.29 is 64.5 Å². The average molecular weight is 621 g/mol. The van der Waals surface area contributed by atoms with E-state index in [2.05, 4.69) is 16.0 Å². The number of hydrogen-bond donors (Lipinski definition) is 4. The van der Waals surface area contributed by atoms with Gasteiger partial charge in [-0.1, -0.05) is 18.2 Å². The number of amides is 4. The zero-order chi connectivity index (χ0) is 29.1. The Balaban J connectivity index is 0.00000253. The molecule has 10 nitrogen and oxygen atoms in total. The Bertz CT molecular complexity index is 1490. The van der Waals surface area contributed by atoms with E-state index in [-0.39, 0.29) is 77.5 Å². The van der Waals surface area contributed by atoms with Gasteiger partial charge in [-0.25, -0.2) is 9.18 Å². The molecule has 2 aromatic rings. The molecule has 2 atom stereocenters. The third kappa shape index (κ3) is 6.92. The summed E-state index contributed by atoms with van der Waals surface area (Å²) < 4.78 is 13.1. The summed E-state index contributed by atoms with van der Waals surface area (Å²) in [6.45, 7) is 0.357. The van der Waals surface area contributed by atoms with Crippen LogP contribution >= 0.6 is 23.5 Å². The number of benzene rings is 2. The fourth-order valence-electron chi connectivity index (χ4n) is 4.84. The number of nitrogens with one attached hydrogen (secondary N) is 3. The Kier molecular flexibility index (Phi) is 10.5. The minimum absolute atomic E-state index is 0. The number of aliphatic carboxylic acids is 1. The van der Waals surface area contributed by atoms with E-state index < -0.39 is 35.1 Å². The number of halogens is 1. The fourth-order valence-corrected chi connectivity index (χ4v) is 6.93. The summed E-state index contributed by atoms with van der Waals surface area (Å²) in [5, 5.41) is 17.6. The van der Waals surface area contributed by atoms with E-state index in [4.69, 9.17) is 0 Å². The topological polar surface area (TPSA) is 145 Å². The summed E-state index contributed by atoms with van der Waals surface area (Å²) in [6, 6.07) is 13.5. The van der Waals surface area contributed by atoms with Gasteiger partial charge in [0.05, 0.1) is 12.2 Å². The van der Waals surface area contributed by atoms with Gasteiger partial charge in [0.25, 0.3) is 5.91 Å². The van der Waals surface area contributed by atoms with Gasteiger partial charge < -0.3 is 22.5 Å². The summed E-state index contributed by atoms with van der Waals surface area (Å²) in [7, 11) is 0. The molecule has 4 amide bonds. The number of rotatable bonds is 9. The molecule has 3 heterocycles. The first-order chi connectivity index (χ1) is 19.7. The molecular formula is C28H26FN4NaO6S2. The van der Waals surface area contributed by atoms with E-state index in [0.717, 1.165) is 4.90 Å². The maximum absolute atomic E-state index is 13.2. The van der Waals surface area contributed by atoms with Crippen LogP contribution in [0.1, 0.15) is 14.3 Å². The van der Waals surface area contributed by atoms with E-state index in [0.29, 0.717) is 29.1 Å². The van der Waals surface area contributed by atoms with Gasteiger partial charge in [-0.05, 0) is 54.0 Å². The number of nitrogens with zero attached hydrogens (tertiary/aromatic N) is 1. The summed E-state index contributed by atoms with van der Waals surface area (Å²) in [5.74, 6) is -3.47. The number of carbonyl (C=O) groups is 5. The van der Waals surface area contributed by atoms with Crippen LogP contribution in [0.25, 0.3) is 0 Å². The molecular weight excluding hydrogens is 594 g/mol. The number of carboxylic acids is 1. The Hall–Kier alpha value is -3.10. The van der Waals surface area contributed by atoms with Crippen LogP contribution in [0.15, 0.2) is 81.9 Å². The number of carboxylic acid groups (broad SMARTS) is 1. The Morgan fingerprint density at radius 3 is 2.45 bits per heavy atom. The molecule has 14 heteroatoms. The number of anilines is 1. The van der Waals surface area contributed by atoms with E-state index >= 15 is 0 Å². The average Bonchev–Trinajstić information content (AvgIpc) is 3.39. The van der Waals surface area contributed by atoms with E-state index in [1.165, 1.54) is 35.7 Å². The fraction of sp³-hybridized carbons (Fsp3) is 0.250. The van der Waals surface area contributed by atoms with Crippen LogP contribution in [0.4, 0.5) is 10.1 Å². The van der Waals surface area contributed by atoms with Crippen LogP contribution in [0, 0.1) is 5.82 Å². The second kappa shape index (κ2) is 13.9. The van der Waals surface area contributed by atoms with Crippen molar-refractivity contribution in [3.8, 4) is 0 Å². The summed E-state index contributed by atoms with van der Waals surface area (Å²) in [4.78, 5) is 65.6. The van der Waals surface area contributed by atoms with Crippen LogP contribution in [0.3, 0.4) is 0 Å². The Morgan fingerprint density at radius 2 is 1.81 bits per heavy atom. The van der Waals surface area contributed by atoms with Crippen molar-refractivity contribution in [3.05, 3.63) is 82.8 Å². The van der Waals surface area contributed by atoms with Crippen LogP contribution in [-0.4, -0.2) is 69.1 Å². The molecule has 42 heavy (non-hydrogen) atoms. The minimum Gasteiger partial charge on any atom is -1.00 e. The monoisotopic (exact) mass is 620 g/mol. The molecule has 0 radical (unpaired) electrons. The number of para-hydroxylation sites is 1. The molecule has 0 unspecified atom stereocenters. The van der Waals surface area contributed by atoms with Crippen molar-refractivity contribution in [2.45, 2.75) is 29.2 Å². The second-order valence-electron chi connectivity index (χ2n) is 9.38. The molecule has 4 N–H and O–H groups in total. The Morgan fingerprint density at radius 1 is 1.10 bits per heavy atom. The van der Waals surface area contributed by atoms with Crippen molar-refractivity contribution >= 4 is 58.8 Å². The van der Waals surface area contributed by atoms with Crippen LogP contribution in [0.2, 0.25) is 0 Å². The van der Waals surface area contributed by atoms with Gasteiger partial charge in [0.1, 0.15) is 22.9 Å². The third-order valence-corrected chi connectivity index (χ3v) is 9.02. The van der Waals surface area contributed by atoms with Crippen molar-refractivity contribution in [3.63, 3.8) is 0 Å². The molecule has 0 bridgehead atoms. The van der Waals surface area contributed by atoms with Gasteiger partial charge >= 0.3 is 35.5 Å². The number of carbonyl (C=O) groups excluding carboxylic acids is 4. The second-order valence-corrected chi connectivity index (χ2v) is 11.5. The van der Waals surface area contributed by atoms with Crippen molar-refractivity contribution in [2.75, 3.05) is 23.4 Å². The maximum Gasteiger partial charge on any atom is 1.00 e. The van der Waals surface area contributed by atoms with E-state index in [1.807, 2.05) is 0 Å². The molecule has 3 aliphatic heterocycles. The molecule has 2 fully saturated rings. The third-order valence-electron chi connectivity index (χ3n) is 6.73. The molecule has 3 aliphatic rings. The number of fused-ring (bicyclic) bond motifs is 1. The van der Waals surface area contributed by atoms with Gasteiger partial charge in [0, 0.05) is 28.5 Å². The van der Waals surface area contributed by atoms with Gasteiger partial charge in [-0.15, -0.1) is 23.5 Å². The standard InChI is InChI=1S/C28H25FN4O6S2.Na.H/c29-15-6-8-17(9-7-15)40-14-22(35)32-23-26(37)33-24(28(38)39)20(13-41-27(23)33)19(18-10-11-30-25(18)36)12-21(34)31-16-4-2-1-3-5-16;;/h1-9,23,27H,10-14H2,(H,30,36)(H,31,34)(H,32,35)(H,38,39);;/q;+1;-1/t23-,27-;;/m1../s1. The quantitative estimate of drug-likeness (QED) is 0.129. The van der Waals surface area contributed by atoms with E-state index in [9.17, 15) is 33.5 Å². The summed E-state index contributed by atoms with van der Waals surface area (Å²) in [5.41, 5.74) is 1.10. The minimum atomic E-state index is -1.37. The zero-order valence-corrected chi connectivity index (χ0v) is 26.1. The van der Waals surface area contributed by atoms with Crippen molar-refractivity contribution in [1.82, 2.24) is 15.5 Å². The van der Waals surface area contributed by atoms with Crippen molar-refractivity contribution in [2.24, 2.45) is 0 Å². The number of β-lactam (4-membered cyclic amide) rings is 1. The zero-order valence-electron chi connectivity index (χ0n) is 23.5. The van der Waals surface area contributed by atoms with Gasteiger partial charge in [0.15, 0.2) is 0 Å².